The summed E-state index contributed by atoms with van der Waals surface area (Å²) in [6.45, 7) is 0. The SMILES string of the molecule is NC(=O)CCc1ccc(C(=O)Nc2c(Cl)cc(C(F)(C(F)(F)F)C(F)(F)F)cc2Cl)cc1Cl. The standard InChI is InChI=1S/C19H12Cl3F7N2O2/c20-11-5-9(2-1-8(11)3-4-14(30)32)16(33)31-15-12(21)6-10(7-13(15)22)17(23,18(24,25)26)19(27,28)29/h1-2,5-7H,3-4H2,(H2,30,32)(H,31,33). The first-order valence-electron chi connectivity index (χ1n) is 8.69. The van der Waals surface area contributed by atoms with E-state index in [0.29, 0.717) is 5.56 Å². The molecule has 0 aromatic heterocycles. The fourth-order valence-electron chi connectivity index (χ4n) is 2.71. The van der Waals surface area contributed by atoms with E-state index < -0.39 is 51.1 Å². The van der Waals surface area contributed by atoms with Crippen LogP contribution >= 0.6 is 34.8 Å². The number of aryl methyl sites for hydroxylation is 1. The third kappa shape index (κ3) is 5.64. The molecule has 0 radical (unpaired) electrons. The van der Waals surface area contributed by atoms with Gasteiger partial charge in [0.05, 0.1) is 15.7 Å². The summed E-state index contributed by atoms with van der Waals surface area (Å²) in [4.78, 5) is 23.3. The van der Waals surface area contributed by atoms with Gasteiger partial charge in [0.2, 0.25) is 5.91 Å². The second-order valence-electron chi connectivity index (χ2n) is 6.70. The van der Waals surface area contributed by atoms with E-state index in [-0.39, 0.29) is 35.6 Å². The lowest BCUT2D eigenvalue weighted by Gasteiger charge is -2.30. The van der Waals surface area contributed by atoms with Gasteiger partial charge in [-0.25, -0.2) is 4.39 Å². The van der Waals surface area contributed by atoms with E-state index in [9.17, 15) is 40.3 Å². The van der Waals surface area contributed by atoms with Crippen LogP contribution in [0, 0.1) is 0 Å². The number of hydrogen-bond donors (Lipinski definition) is 2. The van der Waals surface area contributed by atoms with Gasteiger partial charge in [-0.3, -0.25) is 9.59 Å². The maximum atomic E-state index is 14.3. The van der Waals surface area contributed by atoms with Gasteiger partial charge in [0.1, 0.15) is 0 Å². The molecule has 0 aliphatic heterocycles. The summed E-state index contributed by atoms with van der Waals surface area (Å²) in [6, 6.07) is 4.04. The maximum absolute atomic E-state index is 14.3. The smallest absolute Gasteiger partial charge is 0.370 e. The number of halogens is 10. The highest BCUT2D eigenvalue weighted by molar-refractivity contribution is 6.40. The summed E-state index contributed by atoms with van der Waals surface area (Å²) < 4.78 is 92.0. The van der Waals surface area contributed by atoms with Crippen molar-refractivity contribution in [1.29, 1.82) is 0 Å². The van der Waals surface area contributed by atoms with Crippen LogP contribution in [0.4, 0.5) is 36.4 Å². The van der Waals surface area contributed by atoms with E-state index in [4.69, 9.17) is 40.5 Å². The van der Waals surface area contributed by atoms with Crippen LogP contribution in [0.5, 0.6) is 0 Å². The summed E-state index contributed by atoms with van der Waals surface area (Å²) in [5.41, 5.74) is -2.74. The molecule has 4 nitrogen and oxygen atoms in total. The van der Waals surface area contributed by atoms with Crippen LogP contribution in [0.15, 0.2) is 30.3 Å². The first-order chi connectivity index (χ1) is 15.0. The Balaban J connectivity index is 2.37. The van der Waals surface area contributed by atoms with Crippen LogP contribution in [0.25, 0.3) is 0 Å². The molecule has 0 aliphatic rings. The number of carbonyl (C=O) groups excluding carboxylic acids is 2. The van der Waals surface area contributed by atoms with E-state index >= 15 is 0 Å². The molecule has 0 saturated heterocycles. The summed E-state index contributed by atoms with van der Waals surface area (Å²) in [6.07, 6.45) is -12.5. The van der Waals surface area contributed by atoms with Gasteiger partial charge in [-0.2, -0.15) is 26.3 Å². The lowest BCUT2D eigenvalue weighted by atomic mass is 9.94. The minimum atomic E-state index is -6.37. The Labute approximate surface area is 196 Å². The number of benzene rings is 2. The molecule has 14 heteroatoms. The number of rotatable bonds is 6. The molecule has 2 aromatic carbocycles. The first-order valence-corrected chi connectivity index (χ1v) is 9.82. The summed E-state index contributed by atoms with van der Waals surface area (Å²) in [5.74, 6) is -1.50. The molecule has 0 fully saturated rings. The van der Waals surface area contributed by atoms with Crippen LogP contribution in [-0.2, 0) is 16.9 Å². The average Bonchev–Trinajstić information content (AvgIpc) is 2.66. The van der Waals surface area contributed by atoms with Crippen LogP contribution in [-0.4, -0.2) is 24.2 Å². The van der Waals surface area contributed by atoms with Gasteiger partial charge in [0.25, 0.3) is 5.91 Å². The normalized spacial score (nSPS) is 12.5. The monoisotopic (exact) mass is 538 g/mol. The van der Waals surface area contributed by atoms with Crippen LogP contribution < -0.4 is 11.1 Å². The molecule has 0 heterocycles. The molecule has 0 atom stereocenters. The zero-order chi connectivity index (χ0) is 25.4. The van der Waals surface area contributed by atoms with Gasteiger partial charge in [-0.15, -0.1) is 0 Å². The number of primary amides is 1. The predicted octanol–water partition coefficient (Wildman–Crippen LogP) is 6.61. The van der Waals surface area contributed by atoms with Gasteiger partial charge in [-0.05, 0) is 36.2 Å². The Hall–Kier alpha value is -2.24. The van der Waals surface area contributed by atoms with E-state index in [2.05, 4.69) is 5.32 Å². The average molecular weight is 540 g/mol. The second kappa shape index (κ2) is 9.55. The molecule has 2 aromatic rings. The highest BCUT2D eigenvalue weighted by Crippen LogP contribution is 2.54. The van der Waals surface area contributed by atoms with E-state index in [1.807, 2.05) is 0 Å². The van der Waals surface area contributed by atoms with Gasteiger partial charge in [-0.1, -0.05) is 40.9 Å². The van der Waals surface area contributed by atoms with Crippen molar-refractivity contribution in [2.75, 3.05) is 5.32 Å². The molecule has 0 bridgehead atoms. The van der Waals surface area contributed by atoms with E-state index in [0.717, 1.165) is 0 Å². The van der Waals surface area contributed by atoms with Crippen molar-refractivity contribution in [2.45, 2.75) is 30.9 Å². The van der Waals surface area contributed by atoms with Crippen molar-refractivity contribution in [3.05, 3.63) is 62.1 Å². The molecule has 3 N–H and O–H groups in total. The first kappa shape index (κ1) is 27.0. The van der Waals surface area contributed by atoms with Crippen LogP contribution in [0.1, 0.15) is 27.9 Å². The largest absolute Gasteiger partial charge is 0.435 e. The lowest BCUT2D eigenvalue weighted by Crippen LogP contribution is -2.50. The Morgan fingerprint density at radius 2 is 1.36 bits per heavy atom. The van der Waals surface area contributed by atoms with E-state index in [1.54, 1.807) is 0 Å². The zero-order valence-corrected chi connectivity index (χ0v) is 18.2. The Kier molecular flexibility index (Phi) is 7.82. The predicted molar refractivity (Wildman–Crippen MR) is 108 cm³/mol. The highest BCUT2D eigenvalue weighted by Gasteiger charge is 2.73. The summed E-state index contributed by atoms with van der Waals surface area (Å²) in [7, 11) is 0. The maximum Gasteiger partial charge on any atom is 0.435 e. The third-order valence-electron chi connectivity index (χ3n) is 4.42. The van der Waals surface area contributed by atoms with Crippen LogP contribution in [0.2, 0.25) is 15.1 Å². The Morgan fingerprint density at radius 3 is 1.79 bits per heavy atom. The van der Waals surface area contributed by atoms with Gasteiger partial charge in [0, 0.05) is 22.6 Å². The molecular formula is C19H12Cl3F7N2O2. The van der Waals surface area contributed by atoms with Crippen molar-refractivity contribution in [3.8, 4) is 0 Å². The fourth-order valence-corrected chi connectivity index (χ4v) is 3.57. The number of hydrogen-bond acceptors (Lipinski definition) is 2. The second-order valence-corrected chi connectivity index (χ2v) is 7.92. The molecule has 2 rings (SSSR count). The van der Waals surface area contributed by atoms with Crippen molar-refractivity contribution in [3.63, 3.8) is 0 Å². The van der Waals surface area contributed by atoms with Crippen molar-refractivity contribution in [1.82, 2.24) is 0 Å². The molecule has 180 valence electrons. The topological polar surface area (TPSA) is 72.2 Å². The number of nitrogens with two attached hydrogens (primary N) is 1. The van der Waals surface area contributed by atoms with Crippen molar-refractivity contribution >= 4 is 52.3 Å². The van der Waals surface area contributed by atoms with Crippen molar-refractivity contribution in [2.24, 2.45) is 5.73 Å². The highest BCUT2D eigenvalue weighted by atomic mass is 35.5. The fraction of sp³-hybridized carbons (Fsp3) is 0.263. The number of carbonyl (C=O) groups is 2. The van der Waals surface area contributed by atoms with Gasteiger partial charge in [0.15, 0.2) is 0 Å². The van der Waals surface area contributed by atoms with Gasteiger partial charge < -0.3 is 11.1 Å². The molecule has 33 heavy (non-hydrogen) atoms. The molecule has 0 unspecified atom stereocenters. The Morgan fingerprint density at radius 1 is 0.848 bits per heavy atom. The third-order valence-corrected chi connectivity index (χ3v) is 5.36. The Bertz CT molecular complexity index is 1050. The summed E-state index contributed by atoms with van der Waals surface area (Å²) >= 11 is 17.5. The number of anilines is 1. The molecule has 0 saturated carbocycles. The molecular weight excluding hydrogens is 528 g/mol. The number of nitrogens with one attached hydrogen (secondary N) is 1. The summed E-state index contributed by atoms with van der Waals surface area (Å²) in [5, 5.41) is 0.479. The molecule has 0 aliphatic carbocycles. The quantitative estimate of drug-likeness (QED) is 0.406. The zero-order valence-electron chi connectivity index (χ0n) is 16.0. The van der Waals surface area contributed by atoms with E-state index in [1.165, 1.54) is 18.2 Å². The number of alkyl halides is 7. The lowest BCUT2D eigenvalue weighted by molar-refractivity contribution is -0.348. The minimum absolute atomic E-state index is 0.00522. The molecule has 2 amide bonds. The van der Waals surface area contributed by atoms with Crippen LogP contribution in [0.3, 0.4) is 0 Å². The number of amides is 2. The van der Waals surface area contributed by atoms with Crippen molar-refractivity contribution < 1.29 is 40.3 Å². The van der Waals surface area contributed by atoms with Gasteiger partial charge >= 0.3 is 18.0 Å². The molecule has 0 spiro atoms. The minimum Gasteiger partial charge on any atom is -0.370 e.